The molecule has 2 aliphatic rings. The lowest BCUT2D eigenvalue weighted by atomic mass is 9.89. The van der Waals surface area contributed by atoms with Gasteiger partial charge in [0.25, 0.3) is 0 Å². The molecule has 2 fully saturated rings. The standard InChI is InChI=1S/C21H22N2O5/c24-19-9-15(10-22(19)11-16-7-4-8-28-16)20(25)23-12-17(18(13-23)21(26)27)14-5-2-1-3-6-14/h1-8,15,17-18H,9-13H2,(H,26,27)/t15?,17-,18-/m1/s1. The highest BCUT2D eigenvalue weighted by Gasteiger charge is 2.44. The number of nitrogens with zero attached hydrogens (tertiary/aromatic N) is 2. The second-order valence-corrected chi connectivity index (χ2v) is 7.46. The summed E-state index contributed by atoms with van der Waals surface area (Å²) in [4.78, 5) is 40.3. The number of furan rings is 1. The largest absolute Gasteiger partial charge is 0.481 e. The average Bonchev–Trinajstić information content (AvgIpc) is 3.43. The number of rotatable bonds is 5. The summed E-state index contributed by atoms with van der Waals surface area (Å²) in [6, 6.07) is 13.0. The van der Waals surface area contributed by atoms with Crippen LogP contribution in [0.5, 0.6) is 0 Å². The van der Waals surface area contributed by atoms with Gasteiger partial charge in [-0.3, -0.25) is 14.4 Å². The Morgan fingerprint density at radius 2 is 1.86 bits per heavy atom. The summed E-state index contributed by atoms with van der Waals surface area (Å²) in [6.07, 6.45) is 1.71. The van der Waals surface area contributed by atoms with E-state index in [2.05, 4.69) is 0 Å². The monoisotopic (exact) mass is 382 g/mol. The number of carbonyl (C=O) groups excluding carboxylic acids is 2. The summed E-state index contributed by atoms with van der Waals surface area (Å²) in [5.41, 5.74) is 0.923. The number of carboxylic acids is 1. The molecular formula is C21H22N2O5. The van der Waals surface area contributed by atoms with Crippen molar-refractivity contribution < 1.29 is 23.9 Å². The van der Waals surface area contributed by atoms with Crippen LogP contribution in [-0.4, -0.2) is 52.3 Å². The molecule has 0 spiro atoms. The molecule has 0 bridgehead atoms. The number of aliphatic carboxylic acids is 1. The molecule has 3 atom stereocenters. The molecule has 28 heavy (non-hydrogen) atoms. The highest BCUT2D eigenvalue weighted by molar-refractivity contribution is 5.90. The maximum Gasteiger partial charge on any atom is 0.308 e. The summed E-state index contributed by atoms with van der Waals surface area (Å²) in [6.45, 7) is 1.22. The number of carboxylic acid groups (broad SMARTS) is 1. The molecule has 146 valence electrons. The highest BCUT2D eigenvalue weighted by atomic mass is 16.4. The first kappa shape index (κ1) is 18.3. The third-order valence-corrected chi connectivity index (χ3v) is 5.67. The number of likely N-dealkylation sites (tertiary alicyclic amines) is 2. The van der Waals surface area contributed by atoms with Crippen molar-refractivity contribution in [2.45, 2.75) is 18.9 Å². The van der Waals surface area contributed by atoms with Gasteiger partial charge in [-0.1, -0.05) is 30.3 Å². The van der Waals surface area contributed by atoms with Gasteiger partial charge in [-0.05, 0) is 17.7 Å². The van der Waals surface area contributed by atoms with E-state index in [1.165, 1.54) is 0 Å². The van der Waals surface area contributed by atoms with Gasteiger partial charge in [0.1, 0.15) is 5.76 Å². The van der Waals surface area contributed by atoms with Gasteiger partial charge in [-0.2, -0.15) is 0 Å². The van der Waals surface area contributed by atoms with E-state index >= 15 is 0 Å². The fourth-order valence-electron chi connectivity index (χ4n) is 4.21. The quantitative estimate of drug-likeness (QED) is 0.854. The van der Waals surface area contributed by atoms with Crippen LogP contribution >= 0.6 is 0 Å². The van der Waals surface area contributed by atoms with Crippen LogP contribution in [0.3, 0.4) is 0 Å². The van der Waals surface area contributed by atoms with Crippen LogP contribution in [0.1, 0.15) is 23.7 Å². The Morgan fingerprint density at radius 1 is 1.07 bits per heavy atom. The van der Waals surface area contributed by atoms with Crippen LogP contribution in [0.25, 0.3) is 0 Å². The van der Waals surface area contributed by atoms with E-state index in [0.29, 0.717) is 25.4 Å². The molecule has 2 saturated heterocycles. The van der Waals surface area contributed by atoms with Gasteiger partial charge in [0, 0.05) is 32.0 Å². The van der Waals surface area contributed by atoms with E-state index in [9.17, 15) is 19.5 Å². The van der Waals surface area contributed by atoms with Crippen molar-refractivity contribution in [1.29, 1.82) is 0 Å². The Kier molecular flexibility index (Phi) is 4.90. The Balaban J connectivity index is 1.45. The van der Waals surface area contributed by atoms with Crippen molar-refractivity contribution in [3.8, 4) is 0 Å². The Bertz CT molecular complexity index is 864. The molecule has 0 saturated carbocycles. The second kappa shape index (κ2) is 7.50. The molecule has 0 aliphatic carbocycles. The Morgan fingerprint density at radius 3 is 2.54 bits per heavy atom. The number of benzene rings is 1. The molecule has 4 rings (SSSR count). The summed E-state index contributed by atoms with van der Waals surface area (Å²) in [5.74, 6) is -1.75. The van der Waals surface area contributed by atoms with Crippen LogP contribution in [-0.2, 0) is 20.9 Å². The fraction of sp³-hybridized carbons (Fsp3) is 0.381. The van der Waals surface area contributed by atoms with Crippen LogP contribution in [0.15, 0.2) is 53.1 Å². The third kappa shape index (κ3) is 3.52. The summed E-state index contributed by atoms with van der Waals surface area (Å²) < 4.78 is 5.29. The SMILES string of the molecule is O=C(O)[C@@H]1CN(C(=O)C2CC(=O)N(Cc3ccco3)C2)C[C@@H]1c1ccccc1. The van der Waals surface area contributed by atoms with Gasteiger partial charge in [0.15, 0.2) is 0 Å². The number of hydrogen-bond acceptors (Lipinski definition) is 4. The van der Waals surface area contributed by atoms with E-state index in [1.54, 1.807) is 28.2 Å². The molecule has 3 heterocycles. The van der Waals surface area contributed by atoms with Crippen molar-refractivity contribution in [3.63, 3.8) is 0 Å². The highest BCUT2D eigenvalue weighted by Crippen LogP contribution is 2.34. The first-order chi connectivity index (χ1) is 13.5. The van der Waals surface area contributed by atoms with Gasteiger partial charge in [-0.25, -0.2) is 0 Å². The van der Waals surface area contributed by atoms with E-state index in [-0.39, 0.29) is 30.7 Å². The van der Waals surface area contributed by atoms with Crippen LogP contribution in [0.2, 0.25) is 0 Å². The van der Waals surface area contributed by atoms with Crippen molar-refractivity contribution in [2.24, 2.45) is 11.8 Å². The minimum absolute atomic E-state index is 0.0802. The Labute approximate surface area is 162 Å². The summed E-state index contributed by atoms with van der Waals surface area (Å²) in [5, 5.41) is 9.63. The molecular weight excluding hydrogens is 360 g/mol. The summed E-state index contributed by atoms with van der Waals surface area (Å²) >= 11 is 0. The second-order valence-electron chi connectivity index (χ2n) is 7.46. The van der Waals surface area contributed by atoms with Crippen molar-refractivity contribution in [3.05, 3.63) is 60.1 Å². The molecule has 1 unspecified atom stereocenters. The minimum Gasteiger partial charge on any atom is -0.481 e. The fourth-order valence-corrected chi connectivity index (χ4v) is 4.21. The number of amides is 2. The maximum atomic E-state index is 13.0. The molecule has 1 aromatic carbocycles. The third-order valence-electron chi connectivity index (χ3n) is 5.67. The van der Waals surface area contributed by atoms with Crippen LogP contribution in [0.4, 0.5) is 0 Å². The normalized spacial score (nSPS) is 24.7. The topological polar surface area (TPSA) is 91.1 Å². The molecule has 2 amide bonds. The predicted molar refractivity (Wildman–Crippen MR) is 99.1 cm³/mol. The van der Waals surface area contributed by atoms with Gasteiger partial charge >= 0.3 is 5.97 Å². The molecule has 0 radical (unpaired) electrons. The first-order valence-electron chi connectivity index (χ1n) is 9.39. The number of carbonyl (C=O) groups is 3. The van der Waals surface area contributed by atoms with E-state index < -0.39 is 17.8 Å². The zero-order valence-corrected chi connectivity index (χ0v) is 15.4. The lowest BCUT2D eigenvalue weighted by molar-refractivity contribution is -0.142. The van der Waals surface area contributed by atoms with Crippen molar-refractivity contribution in [1.82, 2.24) is 9.80 Å². The molecule has 1 N–H and O–H groups in total. The maximum absolute atomic E-state index is 13.0. The number of hydrogen-bond donors (Lipinski definition) is 1. The first-order valence-corrected chi connectivity index (χ1v) is 9.39. The lowest BCUT2D eigenvalue weighted by Crippen LogP contribution is -2.36. The van der Waals surface area contributed by atoms with Gasteiger partial charge in [-0.15, -0.1) is 0 Å². The molecule has 1 aromatic heterocycles. The van der Waals surface area contributed by atoms with Crippen molar-refractivity contribution in [2.75, 3.05) is 19.6 Å². The molecule has 7 nitrogen and oxygen atoms in total. The zero-order valence-electron chi connectivity index (χ0n) is 15.4. The lowest BCUT2D eigenvalue weighted by Gasteiger charge is -2.21. The molecule has 2 aliphatic heterocycles. The van der Waals surface area contributed by atoms with E-state index in [1.807, 2.05) is 30.3 Å². The predicted octanol–water partition coefficient (Wildman–Crippen LogP) is 1.95. The Hall–Kier alpha value is -3.09. The molecule has 2 aromatic rings. The minimum atomic E-state index is -0.897. The smallest absolute Gasteiger partial charge is 0.308 e. The van der Waals surface area contributed by atoms with E-state index in [0.717, 1.165) is 5.56 Å². The van der Waals surface area contributed by atoms with Gasteiger partial charge in [0.05, 0.1) is 24.6 Å². The average molecular weight is 382 g/mol. The van der Waals surface area contributed by atoms with Crippen LogP contribution in [0, 0.1) is 11.8 Å². The van der Waals surface area contributed by atoms with Crippen molar-refractivity contribution >= 4 is 17.8 Å². The zero-order chi connectivity index (χ0) is 19.7. The van der Waals surface area contributed by atoms with Crippen LogP contribution < -0.4 is 0 Å². The molecule has 7 heteroatoms. The van der Waals surface area contributed by atoms with Gasteiger partial charge in [0.2, 0.25) is 11.8 Å². The van der Waals surface area contributed by atoms with Gasteiger partial charge < -0.3 is 19.3 Å². The van der Waals surface area contributed by atoms with E-state index in [4.69, 9.17) is 4.42 Å². The summed E-state index contributed by atoms with van der Waals surface area (Å²) in [7, 11) is 0.